The lowest BCUT2D eigenvalue weighted by Gasteiger charge is -2.19. The number of aromatic nitrogens is 3. The SMILES string of the molecule is CC(C)Cn1c(CC(C)(C)C)nnc1S(=O)(=O)Cl. The zero-order valence-electron chi connectivity index (χ0n) is 11.4. The van der Waals surface area contributed by atoms with Crippen LogP contribution in [0.25, 0.3) is 0 Å². The molecule has 1 aromatic heterocycles. The molecule has 0 bridgehead atoms. The molecule has 0 aliphatic carbocycles. The van der Waals surface area contributed by atoms with Gasteiger partial charge in [0.1, 0.15) is 5.82 Å². The fourth-order valence-electron chi connectivity index (χ4n) is 1.65. The summed E-state index contributed by atoms with van der Waals surface area (Å²) in [7, 11) is 1.53. The molecule has 0 aliphatic heterocycles. The zero-order chi connectivity index (χ0) is 14.1. The Morgan fingerprint density at radius 3 is 2.22 bits per heavy atom. The molecule has 1 rings (SSSR count). The molecule has 7 heteroatoms. The maximum atomic E-state index is 11.5. The zero-order valence-corrected chi connectivity index (χ0v) is 13.0. The summed E-state index contributed by atoms with van der Waals surface area (Å²) in [5.41, 5.74) is 0.00904. The van der Waals surface area contributed by atoms with Gasteiger partial charge in [-0.3, -0.25) is 0 Å². The first-order chi connectivity index (χ1) is 8.00. The van der Waals surface area contributed by atoms with Gasteiger partial charge in [0.05, 0.1) is 0 Å². The van der Waals surface area contributed by atoms with Crippen molar-refractivity contribution in [1.29, 1.82) is 0 Å². The van der Waals surface area contributed by atoms with Gasteiger partial charge in [0, 0.05) is 23.6 Å². The Morgan fingerprint density at radius 1 is 1.28 bits per heavy atom. The van der Waals surface area contributed by atoms with Crippen molar-refractivity contribution in [1.82, 2.24) is 14.8 Å². The monoisotopic (exact) mass is 293 g/mol. The summed E-state index contributed by atoms with van der Waals surface area (Å²) in [4.78, 5) is 0. The van der Waals surface area contributed by atoms with Gasteiger partial charge in [-0.05, 0) is 11.3 Å². The molecule has 0 fully saturated rings. The molecule has 0 amide bonds. The highest BCUT2D eigenvalue weighted by Gasteiger charge is 2.25. The third-order valence-corrected chi connectivity index (χ3v) is 3.40. The van der Waals surface area contributed by atoms with Crippen molar-refractivity contribution < 1.29 is 8.42 Å². The van der Waals surface area contributed by atoms with Gasteiger partial charge < -0.3 is 4.57 Å². The quantitative estimate of drug-likeness (QED) is 0.800. The minimum atomic E-state index is -3.85. The van der Waals surface area contributed by atoms with Crippen molar-refractivity contribution in [2.24, 2.45) is 11.3 Å². The van der Waals surface area contributed by atoms with E-state index in [1.165, 1.54) is 0 Å². The lowest BCUT2D eigenvalue weighted by atomic mass is 9.92. The minimum absolute atomic E-state index is 0.00904. The van der Waals surface area contributed by atoms with Crippen LogP contribution < -0.4 is 0 Å². The Balaban J connectivity index is 3.24. The Kier molecular flexibility index (Phi) is 4.43. The molecule has 1 aromatic rings. The van der Waals surface area contributed by atoms with Crippen LogP contribution in [0.15, 0.2) is 5.16 Å². The van der Waals surface area contributed by atoms with Gasteiger partial charge in [-0.2, -0.15) is 0 Å². The van der Waals surface area contributed by atoms with Crippen LogP contribution in [0.5, 0.6) is 0 Å². The van der Waals surface area contributed by atoms with Gasteiger partial charge in [-0.25, -0.2) is 8.42 Å². The van der Waals surface area contributed by atoms with Crippen LogP contribution >= 0.6 is 10.7 Å². The van der Waals surface area contributed by atoms with E-state index >= 15 is 0 Å². The van der Waals surface area contributed by atoms with E-state index in [0.717, 1.165) is 0 Å². The van der Waals surface area contributed by atoms with Gasteiger partial charge in [-0.15, -0.1) is 10.2 Å². The van der Waals surface area contributed by atoms with Gasteiger partial charge in [0.25, 0.3) is 14.2 Å². The Hall–Kier alpha value is -0.620. The molecule has 0 aromatic carbocycles. The molecular formula is C11H20ClN3O2S. The summed E-state index contributed by atoms with van der Waals surface area (Å²) in [6, 6.07) is 0. The van der Waals surface area contributed by atoms with Crippen LogP contribution in [-0.2, 0) is 22.0 Å². The van der Waals surface area contributed by atoms with E-state index < -0.39 is 9.05 Å². The second-order valence-electron chi connectivity index (χ2n) is 6.08. The van der Waals surface area contributed by atoms with Crippen molar-refractivity contribution in [3.8, 4) is 0 Å². The van der Waals surface area contributed by atoms with Crippen LogP contribution in [0.4, 0.5) is 0 Å². The van der Waals surface area contributed by atoms with Crippen molar-refractivity contribution >= 4 is 19.7 Å². The van der Waals surface area contributed by atoms with Crippen molar-refractivity contribution in [2.45, 2.75) is 52.7 Å². The maximum absolute atomic E-state index is 11.5. The molecule has 0 saturated heterocycles. The Labute approximate surface area is 113 Å². The smallest absolute Gasteiger partial charge is 0.296 e. The number of rotatable bonds is 4. The van der Waals surface area contributed by atoms with Crippen LogP contribution in [0.1, 0.15) is 40.4 Å². The number of hydrogen-bond donors (Lipinski definition) is 0. The average molecular weight is 294 g/mol. The fourth-order valence-corrected chi connectivity index (χ4v) is 2.58. The molecule has 0 spiro atoms. The normalized spacial score (nSPS) is 13.3. The molecule has 0 N–H and O–H groups in total. The lowest BCUT2D eigenvalue weighted by Crippen LogP contribution is -2.18. The standard InChI is InChI=1S/C11H20ClN3O2S/c1-8(2)7-15-9(6-11(3,4)5)13-14-10(15)18(12,16)17/h8H,6-7H2,1-5H3. The van der Waals surface area contributed by atoms with Gasteiger partial charge in [-0.1, -0.05) is 34.6 Å². The molecule has 0 radical (unpaired) electrons. The first-order valence-electron chi connectivity index (χ1n) is 5.87. The van der Waals surface area contributed by atoms with Crippen LogP contribution in [0.2, 0.25) is 0 Å². The molecule has 104 valence electrons. The summed E-state index contributed by atoms with van der Waals surface area (Å²) in [6.45, 7) is 10.7. The molecule has 1 heterocycles. The van der Waals surface area contributed by atoms with E-state index in [0.29, 0.717) is 18.8 Å². The average Bonchev–Trinajstić information content (AvgIpc) is 2.43. The van der Waals surface area contributed by atoms with E-state index in [2.05, 4.69) is 31.0 Å². The van der Waals surface area contributed by atoms with E-state index in [4.69, 9.17) is 10.7 Å². The molecule has 0 saturated carbocycles. The first kappa shape index (κ1) is 15.4. The van der Waals surface area contributed by atoms with Crippen LogP contribution in [0, 0.1) is 11.3 Å². The highest BCUT2D eigenvalue weighted by Crippen LogP contribution is 2.23. The van der Waals surface area contributed by atoms with E-state index in [1.807, 2.05) is 13.8 Å². The number of hydrogen-bond acceptors (Lipinski definition) is 4. The molecule has 18 heavy (non-hydrogen) atoms. The van der Waals surface area contributed by atoms with E-state index in [1.54, 1.807) is 4.57 Å². The van der Waals surface area contributed by atoms with Crippen molar-refractivity contribution in [2.75, 3.05) is 0 Å². The van der Waals surface area contributed by atoms with Gasteiger partial charge in [0.2, 0.25) is 0 Å². The Bertz CT molecular complexity index is 515. The fraction of sp³-hybridized carbons (Fsp3) is 0.818. The van der Waals surface area contributed by atoms with Crippen molar-refractivity contribution in [3.05, 3.63) is 5.82 Å². The topological polar surface area (TPSA) is 64.8 Å². The highest BCUT2D eigenvalue weighted by atomic mass is 35.7. The number of halogens is 1. The van der Waals surface area contributed by atoms with Gasteiger partial charge >= 0.3 is 0 Å². The molecule has 0 aliphatic rings. The lowest BCUT2D eigenvalue weighted by molar-refractivity contribution is 0.378. The van der Waals surface area contributed by atoms with E-state index in [9.17, 15) is 8.42 Å². The van der Waals surface area contributed by atoms with Crippen molar-refractivity contribution in [3.63, 3.8) is 0 Å². The Morgan fingerprint density at radius 2 is 1.83 bits per heavy atom. The molecule has 0 unspecified atom stereocenters. The predicted molar refractivity (Wildman–Crippen MR) is 71.1 cm³/mol. The highest BCUT2D eigenvalue weighted by molar-refractivity contribution is 8.13. The molecular weight excluding hydrogens is 274 g/mol. The maximum Gasteiger partial charge on any atom is 0.296 e. The third kappa shape index (κ3) is 4.24. The minimum Gasteiger partial charge on any atom is -0.301 e. The summed E-state index contributed by atoms with van der Waals surface area (Å²) >= 11 is 0. The predicted octanol–water partition coefficient (Wildman–Crippen LogP) is 2.45. The number of nitrogens with zero attached hydrogens (tertiary/aromatic N) is 3. The van der Waals surface area contributed by atoms with Crippen LogP contribution in [-0.4, -0.2) is 23.2 Å². The molecule has 0 atom stereocenters. The summed E-state index contributed by atoms with van der Waals surface area (Å²) in [5.74, 6) is 0.951. The summed E-state index contributed by atoms with van der Waals surface area (Å²) in [5, 5.41) is 7.53. The second-order valence-corrected chi connectivity index (χ2v) is 8.54. The third-order valence-electron chi connectivity index (χ3n) is 2.25. The summed E-state index contributed by atoms with van der Waals surface area (Å²) in [6.07, 6.45) is 0.652. The molecule has 5 nitrogen and oxygen atoms in total. The van der Waals surface area contributed by atoms with Gasteiger partial charge in [0.15, 0.2) is 0 Å². The second kappa shape index (κ2) is 5.17. The van der Waals surface area contributed by atoms with Crippen LogP contribution in [0.3, 0.4) is 0 Å². The summed E-state index contributed by atoms with van der Waals surface area (Å²) < 4.78 is 24.5. The first-order valence-corrected chi connectivity index (χ1v) is 8.18. The van der Waals surface area contributed by atoms with E-state index in [-0.39, 0.29) is 16.5 Å². The largest absolute Gasteiger partial charge is 0.301 e.